The lowest BCUT2D eigenvalue weighted by atomic mass is 9.97. The Morgan fingerprint density at radius 1 is 1.36 bits per heavy atom. The summed E-state index contributed by atoms with van der Waals surface area (Å²) in [5, 5.41) is 0. The third-order valence-electron chi connectivity index (χ3n) is 5.33. The predicted molar refractivity (Wildman–Crippen MR) is 92.7 cm³/mol. The number of halogens is 1. The van der Waals surface area contributed by atoms with E-state index in [9.17, 15) is 9.18 Å². The first-order valence-corrected chi connectivity index (χ1v) is 8.89. The first-order valence-electron chi connectivity index (χ1n) is 8.89. The molecular weight excluding hydrogens is 317 g/mol. The van der Waals surface area contributed by atoms with E-state index in [1.165, 1.54) is 17.7 Å². The Morgan fingerprint density at radius 2 is 2.20 bits per heavy atom. The highest BCUT2D eigenvalue weighted by Crippen LogP contribution is 2.42. The average molecular weight is 339 g/mol. The zero-order chi connectivity index (χ0) is 17.6. The van der Waals surface area contributed by atoms with Crippen LogP contribution in [0.5, 0.6) is 0 Å². The van der Waals surface area contributed by atoms with Crippen LogP contribution < -0.4 is 0 Å². The highest BCUT2D eigenvalue weighted by molar-refractivity contribution is 5.79. The molecule has 0 unspecified atom stereocenters. The molecule has 2 atom stereocenters. The van der Waals surface area contributed by atoms with Crippen molar-refractivity contribution in [3.63, 3.8) is 0 Å². The van der Waals surface area contributed by atoms with Gasteiger partial charge in [0.2, 0.25) is 5.91 Å². The number of aromatic nitrogens is 2. The van der Waals surface area contributed by atoms with E-state index in [4.69, 9.17) is 4.98 Å². The molecule has 0 saturated carbocycles. The van der Waals surface area contributed by atoms with Crippen LogP contribution in [0.1, 0.15) is 48.3 Å². The van der Waals surface area contributed by atoms with E-state index in [0.29, 0.717) is 17.8 Å². The maximum Gasteiger partial charge on any atom is 0.227 e. The number of rotatable bonds is 3. The van der Waals surface area contributed by atoms with Crippen LogP contribution in [-0.4, -0.2) is 33.9 Å². The zero-order valence-electron chi connectivity index (χ0n) is 14.6. The standard InChI is InChI=1S/C20H22FN3O/c1-12(2)20-22-9-16-17-11-24(10-14(17)8-18(16)23-20)19(25)7-13-4-3-5-15(21)6-13/h3-6,9,12,14,17H,7-8,10-11H2,1-2H3/t14-,17+/m0/s1. The van der Waals surface area contributed by atoms with Gasteiger partial charge in [-0.2, -0.15) is 0 Å². The number of carbonyl (C=O) groups excluding carboxylic acids is 1. The van der Waals surface area contributed by atoms with Gasteiger partial charge in [-0.25, -0.2) is 14.4 Å². The summed E-state index contributed by atoms with van der Waals surface area (Å²) >= 11 is 0. The number of hydrogen-bond donors (Lipinski definition) is 0. The Bertz CT molecular complexity index is 820. The van der Waals surface area contributed by atoms with E-state index >= 15 is 0 Å². The Labute approximate surface area is 147 Å². The molecule has 2 heterocycles. The van der Waals surface area contributed by atoms with Gasteiger partial charge in [-0.05, 0) is 35.6 Å². The molecule has 1 fully saturated rings. The number of likely N-dealkylation sites (tertiary alicyclic amines) is 1. The quantitative estimate of drug-likeness (QED) is 0.863. The van der Waals surface area contributed by atoms with Crippen molar-refractivity contribution < 1.29 is 9.18 Å². The first kappa shape index (κ1) is 16.2. The Morgan fingerprint density at radius 3 is 2.96 bits per heavy atom. The molecule has 4 rings (SSSR count). The maximum atomic E-state index is 13.3. The van der Waals surface area contributed by atoms with Gasteiger partial charge in [-0.1, -0.05) is 26.0 Å². The van der Waals surface area contributed by atoms with E-state index in [-0.39, 0.29) is 18.1 Å². The van der Waals surface area contributed by atoms with Gasteiger partial charge in [0, 0.05) is 36.8 Å². The molecule has 1 saturated heterocycles. The van der Waals surface area contributed by atoms with Gasteiger partial charge in [0.15, 0.2) is 0 Å². The van der Waals surface area contributed by atoms with Crippen molar-refractivity contribution in [2.75, 3.05) is 13.1 Å². The Balaban J connectivity index is 1.46. The molecule has 25 heavy (non-hydrogen) atoms. The van der Waals surface area contributed by atoms with Gasteiger partial charge in [-0.3, -0.25) is 4.79 Å². The lowest BCUT2D eigenvalue weighted by molar-refractivity contribution is -0.129. The van der Waals surface area contributed by atoms with Crippen LogP contribution in [0.15, 0.2) is 30.5 Å². The normalized spacial score (nSPS) is 21.5. The van der Waals surface area contributed by atoms with Crippen molar-refractivity contribution in [2.24, 2.45) is 5.92 Å². The molecule has 1 aromatic heterocycles. The Hall–Kier alpha value is -2.30. The minimum absolute atomic E-state index is 0.0706. The third-order valence-corrected chi connectivity index (χ3v) is 5.33. The molecule has 1 aliphatic carbocycles. The highest BCUT2D eigenvalue weighted by Gasteiger charge is 2.42. The molecule has 0 radical (unpaired) electrons. The van der Waals surface area contributed by atoms with E-state index in [1.807, 2.05) is 11.1 Å². The molecule has 0 spiro atoms. The molecule has 1 amide bonds. The minimum Gasteiger partial charge on any atom is -0.341 e. The van der Waals surface area contributed by atoms with Crippen LogP contribution in [-0.2, 0) is 17.6 Å². The molecule has 130 valence electrons. The van der Waals surface area contributed by atoms with Gasteiger partial charge in [0.1, 0.15) is 11.6 Å². The monoisotopic (exact) mass is 339 g/mol. The summed E-state index contributed by atoms with van der Waals surface area (Å²) in [6.07, 6.45) is 3.14. The van der Waals surface area contributed by atoms with E-state index < -0.39 is 0 Å². The fourth-order valence-electron chi connectivity index (χ4n) is 4.01. The molecule has 4 nitrogen and oxygen atoms in total. The van der Waals surface area contributed by atoms with Crippen LogP contribution in [0.2, 0.25) is 0 Å². The Kier molecular flexibility index (Phi) is 4.02. The largest absolute Gasteiger partial charge is 0.341 e. The summed E-state index contributed by atoms with van der Waals surface area (Å²) < 4.78 is 13.3. The molecule has 2 aliphatic rings. The van der Waals surface area contributed by atoms with Crippen molar-refractivity contribution in [1.29, 1.82) is 0 Å². The van der Waals surface area contributed by atoms with Crippen LogP contribution in [0.25, 0.3) is 0 Å². The summed E-state index contributed by atoms with van der Waals surface area (Å²) in [5.74, 6) is 1.78. The topological polar surface area (TPSA) is 46.1 Å². The molecule has 0 bridgehead atoms. The van der Waals surface area contributed by atoms with E-state index in [1.54, 1.807) is 12.1 Å². The summed E-state index contributed by atoms with van der Waals surface area (Å²) in [5.41, 5.74) is 3.09. The van der Waals surface area contributed by atoms with Crippen molar-refractivity contribution in [3.05, 3.63) is 58.9 Å². The van der Waals surface area contributed by atoms with E-state index in [0.717, 1.165) is 36.6 Å². The maximum absolute atomic E-state index is 13.3. The second-order valence-corrected chi connectivity index (χ2v) is 7.46. The second-order valence-electron chi connectivity index (χ2n) is 7.46. The van der Waals surface area contributed by atoms with Gasteiger partial charge in [0.05, 0.1) is 6.42 Å². The smallest absolute Gasteiger partial charge is 0.227 e. The molecule has 2 aromatic rings. The van der Waals surface area contributed by atoms with Crippen LogP contribution in [0, 0.1) is 11.7 Å². The number of benzene rings is 1. The van der Waals surface area contributed by atoms with Crippen molar-refractivity contribution >= 4 is 5.91 Å². The number of fused-ring (bicyclic) bond motifs is 3. The molecule has 0 N–H and O–H groups in total. The molecule has 1 aliphatic heterocycles. The van der Waals surface area contributed by atoms with Crippen LogP contribution in [0.3, 0.4) is 0 Å². The molecule has 1 aromatic carbocycles. The van der Waals surface area contributed by atoms with E-state index in [2.05, 4.69) is 18.8 Å². The van der Waals surface area contributed by atoms with Crippen molar-refractivity contribution in [3.8, 4) is 0 Å². The summed E-state index contributed by atoms with van der Waals surface area (Å²) in [6, 6.07) is 6.28. The van der Waals surface area contributed by atoms with Gasteiger partial charge in [0.25, 0.3) is 0 Å². The zero-order valence-corrected chi connectivity index (χ0v) is 14.6. The van der Waals surface area contributed by atoms with Crippen LogP contribution >= 0.6 is 0 Å². The van der Waals surface area contributed by atoms with Crippen molar-refractivity contribution in [1.82, 2.24) is 14.9 Å². The van der Waals surface area contributed by atoms with Crippen molar-refractivity contribution in [2.45, 2.75) is 38.5 Å². The van der Waals surface area contributed by atoms with Gasteiger partial charge >= 0.3 is 0 Å². The minimum atomic E-state index is -0.296. The highest BCUT2D eigenvalue weighted by atomic mass is 19.1. The average Bonchev–Trinajstić information content (AvgIpc) is 3.11. The third kappa shape index (κ3) is 3.03. The predicted octanol–water partition coefficient (Wildman–Crippen LogP) is 3.08. The lowest BCUT2D eigenvalue weighted by Gasteiger charge is -2.18. The summed E-state index contributed by atoms with van der Waals surface area (Å²) in [7, 11) is 0. The van der Waals surface area contributed by atoms with Gasteiger partial charge in [-0.15, -0.1) is 0 Å². The van der Waals surface area contributed by atoms with Crippen LogP contribution in [0.4, 0.5) is 4.39 Å². The molecular formula is C20H22FN3O. The summed E-state index contributed by atoms with van der Waals surface area (Å²) in [4.78, 5) is 23.7. The number of nitrogens with zero attached hydrogens (tertiary/aromatic N) is 3. The second kappa shape index (κ2) is 6.21. The lowest BCUT2D eigenvalue weighted by Crippen LogP contribution is -2.31. The summed E-state index contributed by atoms with van der Waals surface area (Å²) in [6.45, 7) is 5.68. The molecule has 5 heteroatoms. The first-order chi connectivity index (χ1) is 12.0. The van der Waals surface area contributed by atoms with Gasteiger partial charge < -0.3 is 4.90 Å². The SMILES string of the molecule is CC(C)c1ncc2c(n1)C[C@H]1CN(C(=O)Cc3cccc(F)c3)C[C@@H]21. The number of hydrogen-bond acceptors (Lipinski definition) is 3. The number of carbonyl (C=O) groups is 1. The fraction of sp³-hybridized carbons (Fsp3) is 0.450. The fourth-order valence-corrected chi connectivity index (χ4v) is 4.01. The number of amides is 1.